The molecule has 1 heterocycles. The molecule has 0 spiro atoms. The van der Waals surface area contributed by atoms with Crippen LogP contribution >= 0.6 is 11.6 Å². The molecule has 0 aromatic heterocycles. The summed E-state index contributed by atoms with van der Waals surface area (Å²) in [6, 6.07) is 19.2. The van der Waals surface area contributed by atoms with Crippen molar-refractivity contribution in [2.45, 2.75) is 25.3 Å². The van der Waals surface area contributed by atoms with E-state index in [0.29, 0.717) is 22.6 Å². The zero-order valence-electron chi connectivity index (χ0n) is 20.6. The summed E-state index contributed by atoms with van der Waals surface area (Å²) in [5.74, 6) is -0.545. The van der Waals surface area contributed by atoms with Crippen LogP contribution in [0, 0.1) is 26.1 Å². The van der Waals surface area contributed by atoms with Crippen molar-refractivity contribution in [1.82, 2.24) is 5.01 Å². The quantitative estimate of drug-likeness (QED) is 0.189. The van der Waals surface area contributed by atoms with Crippen LogP contribution in [0.15, 0.2) is 89.5 Å². The summed E-state index contributed by atoms with van der Waals surface area (Å²) in [7, 11) is 0. The Labute approximate surface area is 229 Å². The van der Waals surface area contributed by atoms with Gasteiger partial charge in [0.05, 0.1) is 21.6 Å². The van der Waals surface area contributed by atoms with E-state index in [2.05, 4.69) is 0 Å². The van der Waals surface area contributed by atoms with Crippen molar-refractivity contribution in [2.24, 2.45) is 11.0 Å². The third kappa shape index (κ3) is 5.63. The Balaban J connectivity index is 1.54. The number of nitro groups is 2. The van der Waals surface area contributed by atoms with Gasteiger partial charge in [-0.05, 0) is 65.8 Å². The smallest absolute Gasteiger partial charge is 0.268 e. The number of hydrogen-bond donors (Lipinski definition) is 0. The van der Waals surface area contributed by atoms with Crippen LogP contribution in [-0.2, 0) is 4.79 Å². The Morgan fingerprint density at radius 3 is 2.36 bits per heavy atom. The van der Waals surface area contributed by atoms with Gasteiger partial charge in [-0.25, -0.2) is 5.01 Å². The molecule has 0 bridgehead atoms. The van der Waals surface area contributed by atoms with Crippen LogP contribution in [0.2, 0.25) is 5.02 Å². The van der Waals surface area contributed by atoms with E-state index in [0.717, 1.165) is 29.7 Å². The van der Waals surface area contributed by atoms with Gasteiger partial charge in [0.2, 0.25) is 0 Å². The SMILES string of the molecule is O=C(/C=C/c1ccc(Cl)cc1)N1N=C2/C(=C/c3cccc([N+](=O)[O-])c3)CCCC2C1c1cccc([N+](=O)[O-])c1. The second-order valence-electron chi connectivity index (χ2n) is 9.37. The van der Waals surface area contributed by atoms with Gasteiger partial charge in [-0.2, -0.15) is 5.10 Å². The number of amides is 1. The van der Waals surface area contributed by atoms with E-state index in [1.54, 1.807) is 54.6 Å². The first-order valence-electron chi connectivity index (χ1n) is 12.4. The molecule has 2 atom stereocenters. The van der Waals surface area contributed by atoms with Gasteiger partial charge < -0.3 is 0 Å². The van der Waals surface area contributed by atoms with Crippen LogP contribution in [0.5, 0.6) is 0 Å². The lowest BCUT2D eigenvalue weighted by Crippen LogP contribution is -2.31. The number of nitro benzene ring substituents is 2. The standard InChI is InChI=1S/C29H23ClN4O5/c30-23-13-10-19(11-14-23)12-15-27(35)32-29(22-6-2-8-25(18-22)34(38)39)26-9-3-5-21(28(26)31-32)16-20-4-1-7-24(17-20)33(36)37/h1-2,4,6-8,10-18,26,29H,3,5,9H2/b15-12+,21-16+. The zero-order valence-corrected chi connectivity index (χ0v) is 21.4. The second-order valence-corrected chi connectivity index (χ2v) is 9.81. The van der Waals surface area contributed by atoms with E-state index in [1.807, 2.05) is 6.08 Å². The summed E-state index contributed by atoms with van der Waals surface area (Å²) < 4.78 is 0. The van der Waals surface area contributed by atoms with Crippen molar-refractivity contribution >= 4 is 46.7 Å². The summed E-state index contributed by atoms with van der Waals surface area (Å²) in [6.45, 7) is 0. The molecule has 0 saturated heterocycles. The van der Waals surface area contributed by atoms with Crippen LogP contribution in [0.25, 0.3) is 12.2 Å². The van der Waals surface area contributed by atoms with E-state index in [9.17, 15) is 25.0 Å². The maximum absolute atomic E-state index is 13.5. The largest absolute Gasteiger partial charge is 0.270 e. The van der Waals surface area contributed by atoms with Gasteiger partial charge in [0.15, 0.2) is 0 Å². The Kier molecular flexibility index (Phi) is 7.33. The molecular formula is C29H23ClN4O5. The van der Waals surface area contributed by atoms with E-state index < -0.39 is 15.9 Å². The number of rotatable bonds is 6. The number of hydrazone groups is 1. The number of carbonyl (C=O) groups excluding carboxylic acids is 1. The fourth-order valence-corrected chi connectivity index (χ4v) is 5.21. The van der Waals surface area contributed by atoms with Gasteiger partial charge in [-0.3, -0.25) is 25.0 Å². The Hall–Kier alpha value is -4.63. The molecule has 5 rings (SSSR count). The molecule has 196 valence electrons. The first-order chi connectivity index (χ1) is 18.8. The number of carbonyl (C=O) groups is 1. The zero-order chi connectivity index (χ0) is 27.5. The summed E-state index contributed by atoms with van der Waals surface area (Å²) in [6.07, 6.45) is 7.23. The van der Waals surface area contributed by atoms with Crippen LogP contribution < -0.4 is 0 Å². The minimum absolute atomic E-state index is 0.0105. The van der Waals surface area contributed by atoms with E-state index >= 15 is 0 Å². The number of allylic oxidation sites excluding steroid dienone is 1. The average molecular weight is 543 g/mol. The normalized spacial score (nSPS) is 19.7. The molecule has 0 radical (unpaired) electrons. The van der Waals surface area contributed by atoms with Crippen LogP contribution in [-0.4, -0.2) is 26.5 Å². The van der Waals surface area contributed by atoms with Crippen molar-refractivity contribution in [2.75, 3.05) is 0 Å². The molecule has 1 saturated carbocycles. The minimum Gasteiger partial charge on any atom is -0.268 e. The molecule has 1 aliphatic carbocycles. The van der Waals surface area contributed by atoms with Gasteiger partial charge in [0.25, 0.3) is 17.3 Å². The number of non-ortho nitro benzene ring substituents is 2. The highest BCUT2D eigenvalue weighted by molar-refractivity contribution is 6.30. The molecule has 1 amide bonds. The maximum Gasteiger partial charge on any atom is 0.270 e. The van der Waals surface area contributed by atoms with Gasteiger partial charge in [-0.1, -0.05) is 48.0 Å². The Morgan fingerprint density at radius 2 is 1.64 bits per heavy atom. The highest BCUT2D eigenvalue weighted by Crippen LogP contribution is 2.45. The molecule has 2 unspecified atom stereocenters. The molecule has 3 aromatic carbocycles. The van der Waals surface area contributed by atoms with Crippen molar-refractivity contribution in [3.05, 3.63) is 126 Å². The molecule has 9 nitrogen and oxygen atoms in total. The van der Waals surface area contributed by atoms with E-state index in [4.69, 9.17) is 16.7 Å². The highest BCUT2D eigenvalue weighted by atomic mass is 35.5. The summed E-state index contributed by atoms with van der Waals surface area (Å²) in [5.41, 5.74) is 3.61. The first kappa shape index (κ1) is 26.0. The minimum atomic E-state index is -0.531. The van der Waals surface area contributed by atoms with Crippen molar-refractivity contribution in [3.8, 4) is 0 Å². The molecular weight excluding hydrogens is 520 g/mol. The number of hydrogen-bond acceptors (Lipinski definition) is 6. The predicted molar refractivity (Wildman–Crippen MR) is 149 cm³/mol. The van der Waals surface area contributed by atoms with E-state index in [-0.39, 0.29) is 23.2 Å². The molecule has 39 heavy (non-hydrogen) atoms. The fraction of sp³-hybridized carbons (Fsp3) is 0.172. The number of benzene rings is 3. The third-order valence-electron chi connectivity index (χ3n) is 6.86. The fourth-order valence-electron chi connectivity index (χ4n) is 5.09. The van der Waals surface area contributed by atoms with Crippen LogP contribution in [0.4, 0.5) is 11.4 Å². The lowest BCUT2D eigenvalue weighted by Gasteiger charge is -2.29. The molecule has 2 aliphatic rings. The number of fused-ring (bicyclic) bond motifs is 1. The number of halogens is 1. The molecule has 3 aromatic rings. The van der Waals surface area contributed by atoms with Gasteiger partial charge in [0, 0.05) is 41.3 Å². The van der Waals surface area contributed by atoms with Crippen LogP contribution in [0.3, 0.4) is 0 Å². The molecule has 0 N–H and O–H groups in total. The summed E-state index contributed by atoms with van der Waals surface area (Å²) in [5, 5.41) is 29.5. The lowest BCUT2D eigenvalue weighted by molar-refractivity contribution is -0.385. The van der Waals surface area contributed by atoms with Crippen molar-refractivity contribution in [1.29, 1.82) is 0 Å². The second kappa shape index (κ2) is 11.0. The molecule has 1 fully saturated rings. The number of nitrogens with zero attached hydrogens (tertiary/aromatic N) is 4. The van der Waals surface area contributed by atoms with Gasteiger partial charge in [0.1, 0.15) is 0 Å². The van der Waals surface area contributed by atoms with Crippen molar-refractivity contribution < 1.29 is 14.6 Å². The topological polar surface area (TPSA) is 119 Å². The third-order valence-corrected chi connectivity index (χ3v) is 7.11. The molecule has 10 heteroatoms. The lowest BCUT2D eigenvalue weighted by atomic mass is 9.77. The Bertz CT molecular complexity index is 1550. The highest BCUT2D eigenvalue weighted by Gasteiger charge is 2.43. The monoisotopic (exact) mass is 542 g/mol. The Morgan fingerprint density at radius 1 is 0.949 bits per heavy atom. The maximum atomic E-state index is 13.5. The van der Waals surface area contributed by atoms with E-state index in [1.165, 1.54) is 35.4 Å². The van der Waals surface area contributed by atoms with Gasteiger partial charge >= 0.3 is 0 Å². The predicted octanol–water partition coefficient (Wildman–Crippen LogP) is 6.99. The molecule has 1 aliphatic heterocycles. The van der Waals surface area contributed by atoms with Crippen molar-refractivity contribution in [3.63, 3.8) is 0 Å². The summed E-state index contributed by atoms with van der Waals surface area (Å²) >= 11 is 5.96. The average Bonchev–Trinajstić information content (AvgIpc) is 3.33. The summed E-state index contributed by atoms with van der Waals surface area (Å²) in [4.78, 5) is 35.4. The van der Waals surface area contributed by atoms with Gasteiger partial charge in [-0.15, -0.1) is 0 Å². The van der Waals surface area contributed by atoms with Crippen LogP contribution in [0.1, 0.15) is 42.0 Å². The first-order valence-corrected chi connectivity index (χ1v) is 12.7.